The number of benzene rings is 2. The molecule has 2 aromatic heterocycles. The summed E-state index contributed by atoms with van der Waals surface area (Å²) in [4.78, 5) is 20.0. The van der Waals surface area contributed by atoms with Gasteiger partial charge in [0.15, 0.2) is 5.65 Å². The van der Waals surface area contributed by atoms with Crippen LogP contribution in [-0.4, -0.2) is 58.9 Å². The molecule has 40 heavy (non-hydrogen) atoms. The van der Waals surface area contributed by atoms with Crippen LogP contribution in [0.25, 0.3) is 16.8 Å². The molecule has 0 unspecified atom stereocenters. The van der Waals surface area contributed by atoms with Gasteiger partial charge in [-0.25, -0.2) is 13.9 Å². The summed E-state index contributed by atoms with van der Waals surface area (Å²) in [5.74, 6) is -0.980. The van der Waals surface area contributed by atoms with Crippen molar-refractivity contribution in [3.8, 4) is 11.1 Å². The van der Waals surface area contributed by atoms with E-state index in [1.807, 2.05) is 0 Å². The molecule has 1 aliphatic rings. The number of alkyl halides is 3. The van der Waals surface area contributed by atoms with E-state index in [2.05, 4.69) is 9.88 Å². The average Bonchev–Trinajstić information content (AvgIpc) is 3.30. The summed E-state index contributed by atoms with van der Waals surface area (Å²) in [7, 11) is 1.28. The molecule has 0 saturated carbocycles. The highest BCUT2D eigenvalue weighted by atomic mass is 19.4. The zero-order valence-electron chi connectivity index (χ0n) is 22.0. The molecule has 3 heterocycles. The number of fused-ring (bicyclic) bond motifs is 1. The fraction of sp³-hybridized carbons (Fsp3) is 0.345. The minimum Gasteiger partial charge on any atom is -0.468 e. The predicted molar refractivity (Wildman–Crippen MR) is 139 cm³/mol. The van der Waals surface area contributed by atoms with Crippen LogP contribution in [0.1, 0.15) is 29.4 Å². The van der Waals surface area contributed by atoms with Gasteiger partial charge in [0.2, 0.25) is 0 Å². The summed E-state index contributed by atoms with van der Waals surface area (Å²) < 4.78 is 66.1. The number of esters is 1. The highest BCUT2D eigenvalue weighted by Crippen LogP contribution is 2.36. The topological polar surface area (TPSA) is 69.0 Å². The van der Waals surface area contributed by atoms with Gasteiger partial charge in [0.1, 0.15) is 11.2 Å². The molecule has 0 spiro atoms. The molecular weight excluding hydrogens is 528 g/mol. The first-order valence-electron chi connectivity index (χ1n) is 12.8. The van der Waals surface area contributed by atoms with Gasteiger partial charge >= 0.3 is 12.1 Å². The SMILES string of the molecule is COC(=O)[C@](C)(Cc1cccc(F)c1)c1ccnc2c(-c3ccc(C(F)(F)F)cc3)c(CN3CCOCC3)nn12. The molecule has 1 fully saturated rings. The van der Waals surface area contributed by atoms with Crippen molar-refractivity contribution >= 4 is 11.6 Å². The van der Waals surface area contributed by atoms with Crippen molar-refractivity contribution in [3.63, 3.8) is 0 Å². The normalized spacial score (nSPS) is 16.1. The fourth-order valence-corrected chi connectivity index (χ4v) is 5.16. The molecule has 0 radical (unpaired) electrons. The van der Waals surface area contributed by atoms with E-state index in [1.54, 1.807) is 29.6 Å². The third-order valence-electron chi connectivity index (χ3n) is 7.22. The van der Waals surface area contributed by atoms with Crippen molar-refractivity contribution in [2.45, 2.75) is 31.5 Å². The third kappa shape index (κ3) is 5.44. The number of carbonyl (C=O) groups is 1. The van der Waals surface area contributed by atoms with Crippen molar-refractivity contribution in [1.82, 2.24) is 19.5 Å². The average molecular weight is 557 g/mol. The van der Waals surface area contributed by atoms with E-state index in [0.717, 1.165) is 12.1 Å². The second-order valence-corrected chi connectivity index (χ2v) is 9.98. The number of hydrogen-bond acceptors (Lipinski definition) is 6. The van der Waals surface area contributed by atoms with Gasteiger partial charge in [-0.2, -0.15) is 18.3 Å². The molecule has 11 heteroatoms. The molecule has 1 aliphatic heterocycles. The summed E-state index contributed by atoms with van der Waals surface area (Å²) in [5.41, 5.74) is 1.06. The van der Waals surface area contributed by atoms with Gasteiger partial charge in [0.05, 0.1) is 42.8 Å². The second-order valence-electron chi connectivity index (χ2n) is 9.98. The van der Waals surface area contributed by atoms with Crippen LogP contribution < -0.4 is 0 Å². The van der Waals surface area contributed by atoms with Crippen LogP contribution >= 0.6 is 0 Å². The molecule has 1 atom stereocenters. The number of carbonyl (C=O) groups excluding carboxylic acids is 1. The van der Waals surface area contributed by atoms with E-state index >= 15 is 0 Å². The lowest BCUT2D eigenvalue weighted by Gasteiger charge is -2.27. The van der Waals surface area contributed by atoms with Crippen LogP contribution in [0.4, 0.5) is 17.6 Å². The zero-order chi connectivity index (χ0) is 28.5. The molecule has 0 amide bonds. The molecular formula is C29H28F4N4O3. The molecule has 7 nitrogen and oxygen atoms in total. The van der Waals surface area contributed by atoms with Crippen molar-refractivity contribution in [3.05, 3.63) is 89.1 Å². The first-order valence-corrected chi connectivity index (χ1v) is 12.8. The Labute approximate surface area is 228 Å². The molecule has 210 valence electrons. The Kier molecular flexibility index (Phi) is 7.61. The van der Waals surface area contributed by atoms with E-state index in [0.29, 0.717) is 66.6 Å². The standard InChI is InChI=1S/C29H28F4N4O3/c1-28(27(38)39-2,17-19-4-3-5-22(30)16-19)24-10-11-34-26-25(20-6-8-21(9-7-20)29(31,32)33)23(35-37(24)26)18-36-12-14-40-15-13-36/h3-11,16H,12-15,17-18H2,1-2H3/t28-/m1/s1. The minimum absolute atomic E-state index is 0.116. The van der Waals surface area contributed by atoms with Crippen LogP contribution in [0.5, 0.6) is 0 Å². The summed E-state index contributed by atoms with van der Waals surface area (Å²) in [6.45, 7) is 4.54. The number of halogens is 4. The quantitative estimate of drug-likeness (QED) is 0.234. The number of ether oxygens (including phenoxy) is 2. The molecule has 1 saturated heterocycles. The Morgan fingerprint density at radius 2 is 1.80 bits per heavy atom. The third-order valence-corrected chi connectivity index (χ3v) is 7.22. The van der Waals surface area contributed by atoms with Gasteiger partial charge in [-0.3, -0.25) is 9.69 Å². The maximum atomic E-state index is 14.0. The van der Waals surface area contributed by atoms with Crippen molar-refractivity contribution in [2.24, 2.45) is 0 Å². The number of morpholine rings is 1. The van der Waals surface area contributed by atoms with Crippen LogP contribution in [-0.2, 0) is 38.8 Å². The molecule has 0 bridgehead atoms. The van der Waals surface area contributed by atoms with E-state index in [9.17, 15) is 22.4 Å². The van der Waals surface area contributed by atoms with Gasteiger partial charge in [-0.15, -0.1) is 0 Å². The zero-order valence-corrected chi connectivity index (χ0v) is 22.0. The summed E-state index contributed by atoms with van der Waals surface area (Å²) in [6, 6.07) is 12.5. The second kappa shape index (κ2) is 11.0. The summed E-state index contributed by atoms with van der Waals surface area (Å²) >= 11 is 0. The highest BCUT2D eigenvalue weighted by molar-refractivity contribution is 5.84. The Balaban J connectivity index is 1.68. The van der Waals surface area contributed by atoms with E-state index in [1.165, 1.54) is 37.6 Å². The van der Waals surface area contributed by atoms with Gasteiger partial charge in [0.25, 0.3) is 0 Å². The van der Waals surface area contributed by atoms with Crippen molar-refractivity contribution in [1.29, 1.82) is 0 Å². The molecule has 2 aromatic carbocycles. The molecule has 5 rings (SSSR count). The van der Waals surface area contributed by atoms with E-state index < -0.39 is 28.9 Å². The van der Waals surface area contributed by atoms with Crippen molar-refractivity contribution < 1.29 is 31.8 Å². The Morgan fingerprint density at radius 1 is 1.07 bits per heavy atom. The molecule has 0 N–H and O–H groups in total. The Hall–Kier alpha value is -3.83. The lowest BCUT2D eigenvalue weighted by molar-refractivity contribution is -0.147. The number of methoxy groups -OCH3 is 1. The number of nitrogens with zero attached hydrogens (tertiary/aromatic N) is 4. The van der Waals surface area contributed by atoms with Crippen LogP contribution in [0, 0.1) is 5.82 Å². The van der Waals surface area contributed by atoms with E-state index in [-0.39, 0.29) is 6.42 Å². The van der Waals surface area contributed by atoms with E-state index in [4.69, 9.17) is 14.6 Å². The Bertz CT molecular complexity index is 1510. The lowest BCUT2D eigenvalue weighted by Crippen LogP contribution is -2.38. The first-order chi connectivity index (χ1) is 19.1. The maximum absolute atomic E-state index is 14.0. The summed E-state index contributed by atoms with van der Waals surface area (Å²) in [6.07, 6.45) is -2.82. The fourth-order valence-electron chi connectivity index (χ4n) is 5.16. The van der Waals surface area contributed by atoms with Gasteiger partial charge < -0.3 is 9.47 Å². The van der Waals surface area contributed by atoms with Crippen molar-refractivity contribution in [2.75, 3.05) is 33.4 Å². The minimum atomic E-state index is -4.47. The maximum Gasteiger partial charge on any atom is 0.416 e. The number of rotatable bonds is 7. The first kappa shape index (κ1) is 27.7. The molecule has 4 aromatic rings. The number of aromatic nitrogens is 3. The van der Waals surface area contributed by atoms with Gasteiger partial charge in [0, 0.05) is 25.8 Å². The lowest BCUT2D eigenvalue weighted by atomic mass is 9.80. The molecule has 0 aliphatic carbocycles. The number of hydrogen-bond donors (Lipinski definition) is 0. The smallest absolute Gasteiger partial charge is 0.416 e. The van der Waals surface area contributed by atoms with Gasteiger partial charge in [-0.1, -0.05) is 24.3 Å². The largest absolute Gasteiger partial charge is 0.468 e. The van der Waals surface area contributed by atoms with Crippen LogP contribution in [0.3, 0.4) is 0 Å². The van der Waals surface area contributed by atoms with Crippen LogP contribution in [0.15, 0.2) is 60.8 Å². The predicted octanol–water partition coefficient (Wildman–Crippen LogP) is 5.06. The summed E-state index contributed by atoms with van der Waals surface area (Å²) in [5, 5.41) is 4.86. The Morgan fingerprint density at radius 3 is 2.45 bits per heavy atom. The highest BCUT2D eigenvalue weighted by Gasteiger charge is 2.40. The van der Waals surface area contributed by atoms with Crippen LogP contribution in [0.2, 0.25) is 0 Å². The monoisotopic (exact) mass is 556 g/mol. The van der Waals surface area contributed by atoms with Gasteiger partial charge in [-0.05, 0) is 54.8 Å².